The molecule has 25 heavy (non-hydrogen) atoms. The van der Waals surface area contributed by atoms with Crippen molar-refractivity contribution in [3.05, 3.63) is 65.2 Å². The van der Waals surface area contributed by atoms with Crippen LogP contribution in [0.5, 0.6) is 5.75 Å². The van der Waals surface area contributed by atoms with Crippen LogP contribution < -0.4 is 4.74 Å². The average molecular weight is 344 g/mol. The lowest BCUT2D eigenvalue weighted by atomic mass is 10.00. The van der Waals surface area contributed by atoms with Crippen LogP contribution in [0, 0.1) is 0 Å². The van der Waals surface area contributed by atoms with Crippen LogP contribution in [0.15, 0.2) is 48.5 Å². The van der Waals surface area contributed by atoms with E-state index in [1.165, 1.54) is 0 Å². The predicted octanol–water partition coefficient (Wildman–Crippen LogP) is 3.16. The van der Waals surface area contributed by atoms with Crippen LogP contribution in [0.4, 0.5) is 0 Å². The van der Waals surface area contributed by atoms with Crippen LogP contribution in [0.1, 0.15) is 29.7 Å². The number of hydrogen-bond donors (Lipinski definition) is 1. The van der Waals surface area contributed by atoms with Gasteiger partial charge in [-0.1, -0.05) is 30.3 Å². The van der Waals surface area contributed by atoms with Gasteiger partial charge in [-0.05, 0) is 30.7 Å². The van der Waals surface area contributed by atoms with Crippen molar-refractivity contribution in [2.24, 2.45) is 0 Å². The molecule has 1 saturated heterocycles. The minimum absolute atomic E-state index is 0.139. The fourth-order valence-electron chi connectivity index (χ4n) is 2.93. The molecule has 1 fully saturated rings. The van der Waals surface area contributed by atoms with Gasteiger partial charge >= 0.3 is 0 Å². The zero-order chi connectivity index (χ0) is 17.7. The van der Waals surface area contributed by atoms with E-state index in [9.17, 15) is 5.11 Å². The predicted molar refractivity (Wildman–Crippen MR) is 93.3 cm³/mol. The molecule has 1 N–H and O–H groups in total. The lowest BCUT2D eigenvalue weighted by Gasteiger charge is -2.25. The first-order valence-corrected chi connectivity index (χ1v) is 8.39. The van der Waals surface area contributed by atoms with Gasteiger partial charge < -0.3 is 24.1 Å². The van der Waals surface area contributed by atoms with Crippen LogP contribution in [-0.4, -0.2) is 32.0 Å². The van der Waals surface area contributed by atoms with Gasteiger partial charge in [0.15, 0.2) is 5.79 Å². The molecular weight excluding hydrogens is 320 g/mol. The van der Waals surface area contributed by atoms with E-state index in [0.717, 1.165) is 16.7 Å². The zero-order valence-corrected chi connectivity index (χ0v) is 14.6. The van der Waals surface area contributed by atoms with Crippen molar-refractivity contribution in [1.82, 2.24) is 0 Å². The fourth-order valence-corrected chi connectivity index (χ4v) is 2.93. The third-order valence-electron chi connectivity index (χ3n) is 4.41. The fraction of sp³-hybridized carbons (Fsp3) is 0.400. The molecule has 1 aliphatic heterocycles. The first-order valence-electron chi connectivity index (χ1n) is 8.39. The molecule has 0 spiro atoms. The summed E-state index contributed by atoms with van der Waals surface area (Å²) in [7, 11) is 1.57. The molecule has 2 aromatic rings. The molecule has 5 heteroatoms. The third kappa shape index (κ3) is 4.02. The van der Waals surface area contributed by atoms with Gasteiger partial charge in [0.05, 0.1) is 19.8 Å². The quantitative estimate of drug-likeness (QED) is 0.836. The van der Waals surface area contributed by atoms with Gasteiger partial charge in [-0.25, -0.2) is 0 Å². The maximum atomic E-state index is 9.67. The molecule has 2 aromatic carbocycles. The van der Waals surface area contributed by atoms with Crippen molar-refractivity contribution in [2.45, 2.75) is 25.4 Å². The van der Waals surface area contributed by atoms with E-state index in [4.69, 9.17) is 18.9 Å². The highest BCUT2D eigenvalue weighted by atomic mass is 16.7. The number of ether oxygens (including phenoxy) is 4. The van der Waals surface area contributed by atoms with Crippen molar-refractivity contribution in [3.8, 4) is 5.75 Å². The number of aliphatic hydroxyl groups excluding tert-OH is 1. The molecule has 0 unspecified atom stereocenters. The Labute approximate surface area is 148 Å². The van der Waals surface area contributed by atoms with Crippen molar-refractivity contribution < 1.29 is 24.1 Å². The Morgan fingerprint density at radius 2 is 1.84 bits per heavy atom. The van der Waals surface area contributed by atoms with Crippen LogP contribution in [0.3, 0.4) is 0 Å². The highest BCUT2D eigenvalue weighted by Crippen LogP contribution is 2.36. The van der Waals surface area contributed by atoms with Gasteiger partial charge in [0, 0.05) is 18.2 Å². The Bertz CT molecular complexity index is 676. The van der Waals surface area contributed by atoms with E-state index < -0.39 is 11.9 Å². The van der Waals surface area contributed by atoms with Gasteiger partial charge in [0.25, 0.3) is 0 Å². The summed E-state index contributed by atoms with van der Waals surface area (Å²) in [6.07, 6.45) is -0.476. The average Bonchev–Trinajstić information content (AvgIpc) is 3.10. The van der Waals surface area contributed by atoms with E-state index in [2.05, 4.69) is 0 Å². The Hall–Kier alpha value is -1.92. The molecule has 0 aliphatic carbocycles. The summed E-state index contributed by atoms with van der Waals surface area (Å²) in [4.78, 5) is 0. The maximum Gasteiger partial charge on any atom is 0.192 e. The Balaban J connectivity index is 1.88. The van der Waals surface area contributed by atoms with Crippen molar-refractivity contribution in [2.75, 3.05) is 26.9 Å². The number of aliphatic hydroxyl groups is 1. The number of rotatable bonds is 7. The summed E-state index contributed by atoms with van der Waals surface area (Å²) in [5, 5.41) is 9.67. The second-order valence-corrected chi connectivity index (χ2v) is 6.08. The largest absolute Gasteiger partial charge is 0.489 e. The summed E-state index contributed by atoms with van der Waals surface area (Å²) in [5.41, 5.74) is 2.73. The smallest absolute Gasteiger partial charge is 0.192 e. The highest BCUT2D eigenvalue weighted by molar-refractivity contribution is 5.41. The van der Waals surface area contributed by atoms with Crippen LogP contribution in [0.2, 0.25) is 0 Å². The van der Waals surface area contributed by atoms with Crippen LogP contribution >= 0.6 is 0 Å². The van der Waals surface area contributed by atoms with Crippen LogP contribution in [0.25, 0.3) is 0 Å². The third-order valence-corrected chi connectivity index (χ3v) is 4.41. The van der Waals surface area contributed by atoms with Gasteiger partial charge in [0.1, 0.15) is 18.5 Å². The summed E-state index contributed by atoms with van der Waals surface area (Å²) in [6.45, 7) is 3.32. The molecule has 5 nitrogen and oxygen atoms in total. The molecule has 0 aromatic heterocycles. The molecule has 0 amide bonds. The number of hydrogen-bond acceptors (Lipinski definition) is 5. The lowest BCUT2D eigenvalue weighted by Crippen LogP contribution is -2.23. The number of benzene rings is 2. The molecule has 134 valence electrons. The second kappa shape index (κ2) is 7.97. The summed E-state index contributed by atoms with van der Waals surface area (Å²) in [5.74, 6) is -0.101. The van der Waals surface area contributed by atoms with Gasteiger partial charge in [-0.3, -0.25) is 0 Å². The van der Waals surface area contributed by atoms with E-state index in [1.807, 2.05) is 55.5 Å². The topological polar surface area (TPSA) is 57.2 Å². The normalized spacial score (nSPS) is 17.4. The summed E-state index contributed by atoms with van der Waals surface area (Å²) in [6, 6.07) is 15.7. The zero-order valence-electron chi connectivity index (χ0n) is 14.6. The van der Waals surface area contributed by atoms with Gasteiger partial charge in [-0.2, -0.15) is 0 Å². The lowest BCUT2D eigenvalue weighted by molar-refractivity contribution is -0.149. The first kappa shape index (κ1) is 17.9. The minimum atomic E-state index is -0.777. The highest BCUT2D eigenvalue weighted by Gasteiger charge is 2.34. The standard InChI is InChI=1S/C20H24O5/c1-20(24-10-11-25-20)16-8-9-18(17(12-16)19(13-21)22-2)23-14-15-6-4-3-5-7-15/h3-9,12,19,21H,10-11,13-14H2,1-2H3/t19-/m0/s1. The molecule has 0 bridgehead atoms. The molecule has 0 radical (unpaired) electrons. The van der Waals surface area contributed by atoms with Crippen molar-refractivity contribution in [3.63, 3.8) is 0 Å². The van der Waals surface area contributed by atoms with Crippen molar-refractivity contribution in [1.29, 1.82) is 0 Å². The van der Waals surface area contributed by atoms with Crippen LogP contribution in [-0.2, 0) is 26.6 Å². The molecule has 1 heterocycles. The summed E-state index contributed by atoms with van der Waals surface area (Å²) < 4.78 is 22.9. The van der Waals surface area contributed by atoms with Gasteiger partial charge in [-0.15, -0.1) is 0 Å². The molecule has 3 rings (SSSR count). The molecule has 1 atom stereocenters. The van der Waals surface area contributed by atoms with Gasteiger partial charge in [0.2, 0.25) is 0 Å². The second-order valence-electron chi connectivity index (χ2n) is 6.08. The summed E-state index contributed by atoms with van der Waals surface area (Å²) >= 11 is 0. The maximum absolute atomic E-state index is 9.67. The number of methoxy groups -OCH3 is 1. The Morgan fingerprint density at radius 3 is 2.48 bits per heavy atom. The SMILES string of the molecule is CO[C@@H](CO)c1cc(C2(C)OCCO2)ccc1OCc1ccccc1. The monoisotopic (exact) mass is 344 g/mol. The van der Waals surface area contributed by atoms with E-state index in [0.29, 0.717) is 25.6 Å². The van der Waals surface area contributed by atoms with E-state index in [-0.39, 0.29) is 6.61 Å². The Morgan fingerprint density at radius 1 is 1.12 bits per heavy atom. The molecule has 0 saturated carbocycles. The first-order chi connectivity index (χ1) is 12.2. The molecule has 1 aliphatic rings. The molecular formula is C20H24O5. The van der Waals surface area contributed by atoms with Crippen molar-refractivity contribution >= 4 is 0 Å². The minimum Gasteiger partial charge on any atom is -0.489 e. The van der Waals surface area contributed by atoms with E-state index in [1.54, 1.807) is 7.11 Å². The van der Waals surface area contributed by atoms with E-state index >= 15 is 0 Å². The Kier molecular flexibility index (Phi) is 5.71.